The molecule has 174 valence electrons. The Bertz CT molecular complexity index is 1350. The van der Waals surface area contributed by atoms with Gasteiger partial charge in [-0.25, -0.2) is 4.79 Å². The van der Waals surface area contributed by atoms with Crippen molar-refractivity contribution in [3.8, 4) is 11.5 Å². The van der Waals surface area contributed by atoms with Gasteiger partial charge in [0.2, 0.25) is 6.10 Å². The summed E-state index contributed by atoms with van der Waals surface area (Å²) in [5, 5.41) is 3.82. The van der Waals surface area contributed by atoms with Crippen LogP contribution in [0.5, 0.6) is 11.5 Å². The van der Waals surface area contributed by atoms with Crippen LogP contribution in [0.3, 0.4) is 0 Å². The van der Waals surface area contributed by atoms with Gasteiger partial charge in [-0.05, 0) is 42.8 Å². The van der Waals surface area contributed by atoms with E-state index in [0.29, 0.717) is 28.1 Å². The van der Waals surface area contributed by atoms with Crippen LogP contribution < -0.4 is 14.8 Å². The van der Waals surface area contributed by atoms with Gasteiger partial charge in [-0.3, -0.25) is 4.79 Å². The minimum Gasteiger partial charge on any atom is -0.497 e. The highest BCUT2D eigenvalue weighted by molar-refractivity contribution is 7.21. The Morgan fingerprint density at radius 2 is 1.74 bits per heavy atom. The van der Waals surface area contributed by atoms with E-state index >= 15 is 0 Å². The lowest BCUT2D eigenvalue weighted by atomic mass is 10.1. The molecule has 6 nitrogen and oxygen atoms in total. The number of rotatable bonds is 7. The zero-order valence-electron chi connectivity index (χ0n) is 18.8. The molecule has 1 unspecified atom stereocenters. The molecule has 0 saturated heterocycles. The van der Waals surface area contributed by atoms with E-state index in [-0.39, 0.29) is 9.90 Å². The Labute approximate surface area is 206 Å². The van der Waals surface area contributed by atoms with E-state index in [1.54, 1.807) is 61.7 Å². The van der Waals surface area contributed by atoms with Crippen molar-refractivity contribution in [2.45, 2.75) is 13.0 Å². The second-order valence-corrected chi connectivity index (χ2v) is 8.93. The highest BCUT2D eigenvalue weighted by Crippen LogP contribution is 2.38. The van der Waals surface area contributed by atoms with Crippen LogP contribution in [-0.2, 0) is 9.53 Å². The van der Waals surface area contributed by atoms with E-state index in [0.717, 1.165) is 10.3 Å². The average molecular weight is 496 g/mol. The molecule has 1 N–H and O–H groups in total. The van der Waals surface area contributed by atoms with E-state index < -0.39 is 18.0 Å². The Kier molecular flexibility index (Phi) is 7.05. The van der Waals surface area contributed by atoms with Gasteiger partial charge in [0.1, 0.15) is 16.4 Å². The van der Waals surface area contributed by atoms with Crippen molar-refractivity contribution in [1.82, 2.24) is 0 Å². The fourth-order valence-corrected chi connectivity index (χ4v) is 4.90. The number of amides is 1. The number of ether oxygens (including phenoxy) is 3. The number of halogens is 1. The predicted octanol–water partition coefficient (Wildman–Crippen LogP) is 6.42. The van der Waals surface area contributed by atoms with Crippen molar-refractivity contribution < 1.29 is 23.8 Å². The largest absolute Gasteiger partial charge is 0.497 e. The fourth-order valence-electron chi connectivity index (χ4n) is 3.48. The minimum atomic E-state index is -1.20. The van der Waals surface area contributed by atoms with E-state index in [1.165, 1.54) is 18.4 Å². The summed E-state index contributed by atoms with van der Waals surface area (Å²) in [6.07, 6.45) is -1.20. The number of nitrogens with one attached hydrogen (secondary N) is 1. The lowest BCUT2D eigenvalue weighted by molar-refractivity contribution is -0.125. The summed E-state index contributed by atoms with van der Waals surface area (Å²) in [6.45, 7) is 1.91. The number of benzene rings is 3. The summed E-state index contributed by atoms with van der Waals surface area (Å²) in [7, 11) is 3.09. The van der Waals surface area contributed by atoms with Gasteiger partial charge in [-0.15, -0.1) is 11.3 Å². The van der Waals surface area contributed by atoms with Gasteiger partial charge in [-0.2, -0.15) is 0 Å². The standard InChI is InChI=1S/C26H22ClNO5S/c1-15-9-12-20(32-3)19(13-15)28-25(29)23(16-7-5-4-6-8-16)33-26(30)24-22(27)18-11-10-17(31-2)14-21(18)34-24/h4-14,23H,1-3H3,(H,28,29). The molecule has 0 aliphatic heterocycles. The average Bonchev–Trinajstić information content (AvgIpc) is 3.18. The van der Waals surface area contributed by atoms with Crippen molar-refractivity contribution in [3.63, 3.8) is 0 Å². The zero-order chi connectivity index (χ0) is 24.2. The smallest absolute Gasteiger partial charge is 0.351 e. The number of hydrogen-bond acceptors (Lipinski definition) is 6. The number of thiophene rings is 1. The number of esters is 1. The number of carbonyl (C=O) groups is 2. The molecule has 1 heterocycles. The molecule has 8 heteroatoms. The third kappa shape index (κ3) is 4.85. The zero-order valence-corrected chi connectivity index (χ0v) is 20.3. The lowest BCUT2D eigenvalue weighted by Crippen LogP contribution is -2.26. The van der Waals surface area contributed by atoms with Crippen LogP contribution in [0.2, 0.25) is 5.02 Å². The van der Waals surface area contributed by atoms with Crippen molar-refractivity contribution in [2.75, 3.05) is 19.5 Å². The number of fused-ring (bicyclic) bond motifs is 1. The summed E-state index contributed by atoms with van der Waals surface area (Å²) in [4.78, 5) is 26.7. The van der Waals surface area contributed by atoms with E-state index in [1.807, 2.05) is 19.1 Å². The second-order valence-electron chi connectivity index (χ2n) is 7.50. The second kappa shape index (κ2) is 10.2. The molecule has 0 aliphatic rings. The van der Waals surface area contributed by atoms with Crippen LogP contribution in [0.25, 0.3) is 10.1 Å². The van der Waals surface area contributed by atoms with Crippen LogP contribution in [0.4, 0.5) is 5.69 Å². The Morgan fingerprint density at radius 3 is 2.44 bits per heavy atom. The molecule has 4 rings (SSSR count). The minimum absolute atomic E-state index is 0.215. The van der Waals surface area contributed by atoms with Crippen molar-refractivity contribution in [1.29, 1.82) is 0 Å². The summed E-state index contributed by atoms with van der Waals surface area (Å²) in [5.41, 5.74) is 1.95. The van der Waals surface area contributed by atoms with Gasteiger partial charge < -0.3 is 19.5 Å². The molecule has 0 spiro atoms. The molecule has 1 aromatic heterocycles. The van der Waals surface area contributed by atoms with Crippen LogP contribution in [-0.4, -0.2) is 26.1 Å². The fraction of sp³-hybridized carbons (Fsp3) is 0.154. The summed E-state index contributed by atoms with van der Waals surface area (Å²) >= 11 is 7.68. The van der Waals surface area contributed by atoms with Crippen LogP contribution in [0, 0.1) is 6.92 Å². The van der Waals surface area contributed by atoms with Crippen LogP contribution in [0.1, 0.15) is 26.9 Å². The van der Waals surface area contributed by atoms with E-state index in [9.17, 15) is 9.59 Å². The van der Waals surface area contributed by atoms with Crippen LogP contribution >= 0.6 is 22.9 Å². The van der Waals surface area contributed by atoms with Gasteiger partial charge in [0.15, 0.2) is 0 Å². The molecule has 0 radical (unpaired) electrons. The summed E-state index contributed by atoms with van der Waals surface area (Å²) in [6, 6.07) is 19.6. The number of aryl methyl sites for hydroxylation is 1. The first kappa shape index (κ1) is 23.6. The first-order chi connectivity index (χ1) is 16.4. The molecule has 0 fully saturated rings. The highest BCUT2D eigenvalue weighted by atomic mass is 35.5. The number of hydrogen-bond donors (Lipinski definition) is 1. The van der Waals surface area contributed by atoms with Gasteiger partial charge in [-0.1, -0.05) is 48.0 Å². The maximum Gasteiger partial charge on any atom is 0.351 e. The predicted molar refractivity (Wildman–Crippen MR) is 134 cm³/mol. The van der Waals surface area contributed by atoms with Gasteiger partial charge >= 0.3 is 5.97 Å². The molecular formula is C26H22ClNO5S. The van der Waals surface area contributed by atoms with Gasteiger partial charge in [0, 0.05) is 15.6 Å². The normalized spacial score (nSPS) is 11.6. The van der Waals surface area contributed by atoms with Crippen molar-refractivity contribution in [3.05, 3.63) is 87.8 Å². The Hall–Kier alpha value is -3.55. The molecule has 1 atom stereocenters. The Morgan fingerprint density at radius 1 is 0.971 bits per heavy atom. The molecule has 1 amide bonds. The SMILES string of the molecule is COc1ccc2c(Cl)c(C(=O)OC(C(=O)Nc3cc(C)ccc3OC)c3ccccc3)sc2c1. The van der Waals surface area contributed by atoms with E-state index in [2.05, 4.69) is 5.32 Å². The topological polar surface area (TPSA) is 73.9 Å². The highest BCUT2D eigenvalue weighted by Gasteiger charge is 2.29. The molecule has 0 aliphatic carbocycles. The molecular weight excluding hydrogens is 474 g/mol. The Balaban J connectivity index is 1.66. The lowest BCUT2D eigenvalue weighted by Gasteiger charge is -2.19. The number of anilines is 1. The number of carbonyl (C=O) groups excluding carboxylic acids is 2. The van der Waals surface area contributed by atoms with Crippen molar-refractivity contribution in [2.24, 2.45) is 0 Å². The maximum absolute atomic E-state index is 13.3. The van der Waals surface area contributed by atoms with Crippen LogP contribution in [0.15, 0.2) is 66.7 Å². The van der Waals surface area contributed by atoms with Gasteiger partial charge in [0.25, 0.3) is 5.91 Å². The maximum atomic E-state index is 13.3. The first-order valence-electron chi connectivity index (χ1n) is 10.4. The summed E-state index contributed by atoms with van der Waals surface area (Å²) < 4.78 is 17.1. The third-order valence-corrected chi connectivity index (χ3v) is 6.84. The summed E-state index contributed by atoms with van der Waals surface area (Å²) in [5.74, 6) is -0.0507. The number of methoxy groups -OCH3 is 2. The molecule has 34 heavy (non-hydrogen) atoms. The first-order valence-corrected chi connectivity index (χ1v) is 11.6. The molecule has 3 aromatic carbocycles. The molecule has 0 saturated carbocycles. The van der Waals surface area contributed by atoms with E-state index in [4.69, 9.17) is 25.8 Å². The quantitative estimate of drug-likeness (QED) is 0.299. The van der Waals surface area contributed by atoms with Gasteiger partial charge in [0.05, 0.1) is 24.9 Å². The molecule has 0 bridgehead atoms. The van der Waals surface area contributed by atoms with Crippen molar-refractivity contribution >= 4 is 50.6 Å². The third-order valence-electron chi connectivity index (χ3n) is 5.20. The molecule has 4 aromatic rings. The monoisotopic (exact) mass is 495 g/mol.